The molecule has 0 radical (unpaired) electrons. The quantitative estimate of drug-likeness (QED) is 0.179. The van der Waals surface area contributed by atoms with Crippen molar-refractivity contribution in [2.24, 2.45) is 7.05 Å². The first-order valence-electron chi connectivity index (χ1n) is 15.5. The van der Waals surface area contributed by atoms with Crippen molar-refractivity contribution in [3.63, 3.8) is 0 Å². The number of aryl methyl sites for hydroxylation is 1. The van der Waals surface area contributed by atoms with Crippen LogP contribution in [0.15, 0.2) is 109 Å². The zero-order valence-electron chi connectivity index (χ0n) is 26.2. The van der Waals surface area contributed by atoms with Crippen molar-refractivity contribution in [2.45, 2.75) is 38.1 Å². The highest BCUT2D eigenvalue weighted by atomic mass is 19.4. The number of alkyl halides is 3. The van der Waals surface area contributed by atoms with Gasteiger partial charge in [0.2, 0.25) is 17.6 Å². The molecule has 48 heavy (non-hydrogen) atoms. The number of carbonyl (C=O) groups excluding carboxylic acids is 2. The monoisotopic (exact) mass is 650 g/mol. The molecular weight excluding hydrogens is 617 g/mol. The van der Waals surface area contributed by atoms with Gasteiger partial charge in [0, 0.05) is 37.7 Å². The van der Waals surface area contributed by atoms with E-state index in [9.17, 15) is 22.8 Å². The number of halogens is 3. The van der Waals surface area contributed by atoms with Gasteiger partial charge in [-0.15, -0.1) is 10.2 Å². The molecule has 0 bridgehead atoms. The van der Waals surface area contributed by atoms with Crippen LogP contribution in [0.5, 0.6) is 0 Å². The summed E-state index contributed by atoms with van der Waals surface area (Å²) in [6, 6.07) is 28.7. The first-order valence-corrected chi connectivity index (χ1v) is 15.5. The fourth-order valence-electron chi connectivity index (χ4n) is 5.81. The zero-order valence-corrected chi connectivity index (χ0v) is 26.2. The van der Waals surface area contributed by atoms with Gasteiger partial charge in [-0.05, 0) is 57.7 Å². The Bertz CT molecular complexity index is 1900. The second kappa shape index (κ2) is 14.0. The van der Waals surface area contributed by atoms with Crippen LogP contribution in [0.3, 0.4) is 0 Å². The Morgan fingerprint density at radius 3 is 2.23 bits per heavy atom. The number of aromatic nitrogens is 4. The van der Waals surface area contributed by atoms with E-state index in [1.165, 1.54) is 34.6 Å². The highest BCUT2D eigenvalue weighted by Crippen LogP contribution is 2.29. The maximum atomic E-state index is 14.5. The number of carbonyl (C=O) groups is 2. The van der Waals surface area contributed by atoms with E-state index < -0.39 is 23.7 Å². The maximum Gasteiger partial charge on any atom is 0.416 e. The van der Waals surface area contributed by atoms with Crippen molar-refractivity contribution < 1.29 is 22.8 Å². The number of fused-ring (bicyclic) bond motifs is 1. The number of nitrogens with zero attached hydrogens (tertiary/aromatic N) is 6. The van der Waals surface area contributed by atoms with Gasteiger partial charge in [-0.3, -0.25) is 9.59 Å². The summed E-state index contributed by atoms with van der Waals surface area (Å²) in [7, 11) is 1.68. The predicted octanol–water partition coefficient (Wildman–Crippen LogP) is 6.13. The summed E-state index contributed by atoms with van der Waals surface area (Å²) in [6.45, 7) is 1.06. The summed E-state index contributed by atoms with van der Waals surface area (Å²) in [4.78, 5) is 33.3. The van der Waals surface area contributed by atoms with Crippen LogP contribution in [0.2, 0.25) is 0 Å². The minimum Gasteiger partial charge on any atom is -0.336 e. The van der Waals surface area contributed by atoms with Crippen molar-refractivity contribution in [1.82, 2.24) is 30.0 Å². The van der Waals surface area contributed by atoms with Crippen molar-refractivity contribution in [3.8, 4) is 11.4 Å². The van der Waals surface area contributed by atoms with E-state index >= 15 is 0 Å². The Kier molecular flexibility index (Phi) is 9.47. The van der Waals surface area contributed by atoms with Crippen LogP contribution in [0, 0.1) is 0 Å². The van der Waals surface area contributed by atoms with Gasteiger partial charge in [-0.1, -0.05) is 91.0 Å². The number of amides is 2. The van der Waals surface area contributed by atoms with E-state index in [0.717, 1.165) is 34.4 Å². The third-order valence-electron chi connectivity index (χ3n) is 8.39. The van der Waals surface area contributed by atoms with Gasteiger partial charge < -0.3 is 9.80 Å². The molecule has 1 aliphatic rings. The van der Waals surface area contributed by atoms with Gasteiger partial charge in [0.25, 0.3) is 0 Å². The predicted molar refractivity (Wildman–Crippen MR) is 175 cm³/mol. The van der Waals surface area contributed by atoms with E-state index in [1.54, 1.807) is 16.8 Å². The fraction of sp³-hybridized carbons (Fsp3) is 0.216. The van der Waals surface area contributed by atoms with Crippen LogP contribution in [0.4, 0.5) is 13.2 Å². The second-order valence-electron chi connectivity index (χ2n) is 11.7. The number of tetrazole rings is 1. The maximum absolute atomic E-state index is 14.5. The van der Waals surface area contributed by atoms with E-state index in [0.29, 0.717) is 30.9 Å². The molecule has 1 aliphatic heterocycles. The molecular formula is C37H33F3N6O2. The molecule has 2 heterocycles. The molecule has 4 aromatic carbocycles. The lowest BCUT2D eigenvalue weighted by molar-refractivity contribution is -0.144. The number of hydrogen-bond acceptors (Lipinski definition) is 5. The average molecular weight is 651 g/mol. The van der Waals surface area contributed by atoms with Crippen molar-refractivity contribution in [2.75, 3.05) is 6.54 Å². The Labute approximate surface area is 276 Å². The molecule has 0 saturated carbocycles. The molecule has 0 unspecified atom stereocenters. The molecule has 1 atom stereocenters. The number of hydrogen-bond donors (Lipinski definition) is 0. The van der Waals surface area contributed by atoms with Gasteiger partial charge >= 0.3 is 6.18 Å². The highest BCUT2D eigenvalue weighted by molar-refractivity contribution is 5.96. The van der Waals surface area contributed by atoms with Gasteiger partial charge in [-0.25, -0.2) is 0 Å². The van der Waals surface area contributed by atoms with Crippen LogP contribution in [-0.4, -0.2) is 54.4 Å². The standard InChI is InChI=1S/C37H33F3N6O2/c1-44-42-35(41-43-44)30-16-11-28(12-17-30)24-46(34(47)20-15-26-13-18-32(19-14-26)37(38,39)40)33(23-27-7-3-2-4-8-27)36(48)45-22-21-29-9-5-6-10-31(29)25-45/h2-20,33H,21-25H2,1H3/b20-15+/t33-/m0/s1. The van der Waals surface area contributed by atoms with Gasteiger partial charge in [0.05, 0.1) is 12.6 Å². The second-order valence-corrected chi connectivity index (χ2v) is 11.7. The average Bonchev–Trinajstić information content (AvgIpc) is 3.54. The normalized spacial score (nSPS) is 13.7. The summed E-state index contributed by atoms with van der Waals surface area (Å²) in [5.41, 5.74) is 4.33. The molecule has 0 N–H and O–H groups in total. The van der Waals surface area contributed by atoms with Crippen molar-refractivity contribution in [1.29, 1.82) is 0 Å². The molecule has 0 saturated heterocycles. The zero-order chi connectivity index (χ0) is 33.7. The number of rotatable bonds is 9. The first-order chi connectivity index (χ1) is 23.1. The molecule has 244 valence electrons. The van der Waals surface area contributed by atoms with Crippen LogP contribution in [0.1, 0.15) is 33.4 Å². The lowest BCUT2D eigenvalue weighted by Gasteiger charge is -2.37. The minimum atomic E-state index is -4.46. The smallest absolute Gasteiger partial charge is 0.336 e. The Balaban J connectivity index is 1.33. The third kappa shape index (κ3) is 7.68. The van der Waals surface area contributed by atoms with Crippen molar-refractivity contribution in [3.05, 3.63) is 143 Å². The largest absolute Gasteiger partial charge is 0.416 e. The van der Waals surface area contributed by atoms with E-state index in [2.05, 4.69) is 21.5 Å². The molecule has 0 aliphatic carbocycles. The molecule has 5 aromatic rings. The summed E-state index contributed by atoms with van der Waals surface area (Å²) in [6.07, 6.45) is -0.691. The Hall–Kier alpha value is -5.58. The van der Waals surface area contributed by atoms with E-state index in [-0.39, 0.29) is 18.9 Å². The highest BCUT2D eigenvalue weighted by Gasteiger charge is 2.34. The van der Waals surface area contributed by atoms with Gasteiger partial charge in [0.1, 0.15) is 6.04 Å². The first kappa shape index (κ1) is 32.4. The summed E-state index contributed by atoms with van der Waals surface area (Å²) >= 11 is 0. The van der Waals surface area contributed by atoms with Gasteiger partial charge in [-0.2, -0.15) is 18.0 Å². The Morgan fingerprint density at radius 2 is 1.56 bits per heavy atom. The van der Waals surface area contributed by atoms with E-state index in [1.807, 2.05) is 72.8 Å². The fourth-order valence-corrected chi connectivity index (χ4v) is 5.81. The molecule has 0 fully saturated rings. The van der Waals surface area contributed by atoms with Gasteiger partial charge in [0.15, 0.2) is 0 Å². The molecule has 1 aromatic heterocycles. The lowest BCUT2D eigenvalue weighted by Crippen LogP contribution is -2.52. The molecule has 8 nitrogen and oxygen atoms in total. The Morgan fingerprint density at radius 1 is 0.875 bits per heavy atom. The summed E-state index contributed by atoms with van der Waals surface area (Å²) < 4.78 is 39.4. The third-order valence-corrected chi connectivity index (χ3v) is 8.39. The summed E-state index contributed by atoms with van der Waals surface area (Å²) in [5, 5.41) is 12.2. The molecule has 11 heteroatoms. The molecule has 6 rings (SSSR count). The summed E-state index contributed by atoms with van der Waals surface area (Å²) in [5.74, 6) is -0.162. The number of benzene rings is 4. The van der Waals surface area contributed by atoms with E-state index in [4.69, 9.17) is 0 Å². The molecule has 2 amide bonds. The molecule has 0 spiro atoms. The topological polar surface area (TPSA) is 84.2 Å². The van der Waals surface area contributed by atoms with Crippen LogP contribution in [-0.2, 0) is 48.7 Å². The van der Waals surface area contributed by atoms with Crippen LogP contribution >= 0.6 is 0 Å². The van der Waals surface area contributed by atoms with Crippen LogP contribution < -0.4 is 0 Å². The van der Waals surface area contributed by atoms with Crippen LogP contribution in [0.25, 0.3) is 17.5 Å². The lowest BCUT2D eigenvalue weighted by atomic mass is 9.97. The van der Waals surface area contributed by atoms with Crippen molar-refractivity contribution >= 4 is 17.9 Å². The minimum absolute atomic E-state index is 0.109. The SMILES string of the molecule is Cn1nnc(-c2ccc(CN(C(=O)/C=C/c3ccc(C(F)(F)F)cc3)[C@@H](Cc3ccccc3)C(=O)N3CCc4ccccc4C3)cc2)n1.